The fraction of sp³-hybridized carbons (Fsp3) is 0.444. The first kappa shape index (κ1) is 11.9. The molecule has 0 aliphatic heterocycles. The summed E-state index contributed by atoms with van der Waals surface area (Å²) < 4.78 is 0.755. The monoisotopic (exact) mass is 273 g/mol. The normalized spacial score (nSPS) is 12.2. The lowest BCUT2D eigenvalue weighted by Crippen LogP contribution is -2.29. The molecule has 5 nitrogen and oxygen atoms in total. The topological polar surface area (TPSA) is 66.3 Å². The second kappa shape index (κ2) is 5.06. The smallest absolute Gasteiger partial charge is 0.308 e. The fourth-order valence-electron chi connectivity index (χ4n) is 1.16. The van der Waals surface area contributed by atoms with E-state index in [0.717, 1.165) is 4.47 Å². The molecule has 0 amide bonds. The number of aliphatic carboxylic acids is 1. The number of rotatable bonds is 4. The van der Waals surface area contributed by atoms with Gasteiger partial charge < -0.3 is 10.0 Å². The third kappa shape index (κ3) is 3.16. The van der Waals surface area contributed by atoms with Crippen molar-refractivity contribution in [1.29, 1.82) is 0 Å². The molecule has 1 unspecified atom stereocenters. The summed E-state index contributed by atoms with van der Waals surface area (Å²) in [5, 5.41) is 8.78. The highest BCUT2D eigenvalue weighted by Crippen LogP contribution is 2.21. The standard InChI is InChI=1S/C9H12BrN3O2/c1-6(9(14)15)4-13(2)8-7(10)3-11-5-12-8/h3,5-6H,4H2,1-2H3,(H,14,15). The van der Waals surface area contributed by atoms with Gasteiger partial charge in [0.05, 0.1) is 10.4 Å². The van der Waals surface area contributed by atoms with Crippen LogP contribution in [0.3, 0.4) is 0 Å². The van der Waals surface area contributed by atoms with Crippen molar-refractivity contribution in [3.8, 4) is 0 Å². The van der Waals surface area contributed by atoms with E-state index in [2.05, 4.69) is 25.9 Å². The third-order valence-electron chi connectivity index (χ3n) is 1.98. The highest BCUT2D eigenvalue weighted by molar-refractivity contribution is 9.10. The summed E-state index contributed by atoms with van der Waals surface area (Å²) in [5.41, 5.74) is 0. The number of nitrogens with zero attached hydrogens (tertiary/aromatic N) is 3. The zero-order valence-electron chi connectivity index (χ0n) is 8.51. The molecular weight excluding hydrogens is 262 g/mol. The Labute approximate surface area is 96.3 Å². The van der Waals surface area contributed by atoms with Gasteiger partial charge in [0.25, 0.3) is 0 Å². The number of halogens is 1. The van der Waals surface area contributed by atoms with Gasteiger partial charge in [-0.1, -0.05) is 6.92 Å². The van der Waals surface area contributed by atoms with E-state index >= 15 is 0 Å². The minimum atomic E-state index is -0.813. The molecule has 0 spiro atoms. The molecule has 1 aromatic rings. The number of aromatic nitrogens is 2. The molecule has 1 N–H and O–H groups in total. The Morgan fingerprint density at radius 3 is 2.93 bits per heavy atom. The minimum absolute atomic E-state index is 0.408. The molecule has 6 heteroatoms. The van der Waals surface area contributed by atoms with E-state index in [1.807, 2.05) is 0 Å². The fourth-order valence-corrected chi connectivity index (χ4v) is 1.69. The molecule has 0 aromatic carbocycles. The van der Waals surface area contributed by atoms with Gasteiger partial charge in [-0.2, -0.15) is 0 Å². The SMILES string of the molecule is CC(CN(C)c1ncncc1Br)C(=O)O. The quantitative estimate of drug-likeness (QED) is 0.898. The first-order valence-corrected chi connectivity index (χ1v) is 5.21. The van der Waals surface area contributed by atoms with E-state index in [9.17, 15) is 4.79 Å². The summed E-state index contributed by atoms with van der Waals surface area (Å²) in [6.07, 6.45) is 3.06. The molecule has 0 bridgehead atoms. The third-order valence-corrected chi connectivity index (χ3v) is 2.54. The van der Waals surface area contributed by atoms with Crippen molar-refractivity contribution < 1.29 is 9.90 Å². The predicted octanol–water partition coefficient (Wildman–Crippen LogP) is 1.40. The number of anilines is 1. The number of hydrogen-bond acceptors (Lipinski definition) is 4. The van der Waals surface area contributed by atoms with Crippen LogP contribution in [-0.4, -0.2) is 34.6 Å². The first-order valence-electron chi connectivity index (χ1n) is 4.41. The van der Waals surface area contributed by atoms with Gasteiger partial charge in [-0.3, -0.25) is 4.79 Å². The van der Waals surface area contributed by atoms with E-state index in [0.29, 0.717) is 12.4 Å². The van der Waals surface area contributed by atoms with Gasteiger partial charge in [0.2, 0.25) is 0 Å². The Morgan fingerprint density at radius 1 is 1.73 bits per heavy atom. The van der Waals surface area contributed by atoms with Crippen LogP contribution >= 0.6 is 15.9 Å². The van der Waals surface area contributed by atoms with Crippen molar-refractivity contribution in [3.05, 3.63) is 17.0 Å². The van der Waals surface area contributed by atoms with E-state index in [1.54, 1.807) is 25.1 Å². The van der Waals surface area contributed by atoms with E-state index < -0.39 is 11.9 Å². The van der Waals surface area contributed by atoms with Crippen LogP contribution in [-0.2, 0) is 4.79 Å². The predicted molar refractivity (Wildman–Crippen MR) is 59.8 cm³/mol. The van der Waals surface area contributed by atoms with Crippen LogP contribution in [0.1, 0.15) is 6.92 Å². The summed E-state index contributed by atoms with van der Waals surface area (Å²) in [7, 11) is 1.80. The molecule has 1 heterocycles. The minimum Gasteiger partial charge on any atom is -0.481 e. The zero-order chi connectivity index (χ0) is 11.4. The Bertz CT molecular complexity index is 359. The highest BCUT2D eigenvalue weighted by Gasteiger charge is 2.15. The number of carboxylic acid groups (broad SMARTS) is 1. The molecule has 82 valence electrons. The maximum atomic E-state index is 10.7. The Morgan fingerprint density at radius 2 is 2.40 bits per heavy atom. The zero-order valence-corrected chi connectivity index (χ0v) is 10.1. The maximum Gasteiger partial charge on any atom is 0.308 e. The lowest BCUT2D eigenvalue weighted by molar-refractivity contribution is -0.140. The lowest BCUT2D eigenvalue weighted by atomic mass is 10.2. The molecule has 15 heavy (non-hydrogen) atoms. The van der Waals surface area contributed by atoms with Crippen LogP contribution in [0.25, 0.3) is 0 Å². The first-order chi connectivity index (χ1) is 7.02. The molecular formula is C9H12BrN3O2. The van der Waals surface area contributed by atoms with Crippen molar-refractivity contribution in [1.82, 2.24) is 9.97 Å². The Balaban J connectivity index is 2.73. The van der Waals surface area contributed by atoms with Gasteiger partial charge in [0.1, 0.15) is 12.1 Å². The van der Waals surface area contributed by atoms with Gasteiger partial charge in [-0.05, 0) is 15.9 Å². The van der Waals surface area contributed by atoms with Crippen molar-refractivity contribution in [2.75, 3.05) is 18.5 Å². The number of carbonyl (C=O) groups is 1. The van der Waals surface area contributed by atoms with Crippen LogP contribution in [0.4, 0.5) is 5.82 Å². The largest absolute Gasteiger partial charge is 0.481 e. The van der Waals surface area contributed by atoms with Crippen LogP contribution < -0.4 is 4.90 Å². The average Bonchev–Trinajstić information content (AvgIpc) is 2.18. The average molecular weight is 274 g/mol. The van der Waals surface area contributed by atoms with Gasteiger partial charge in [0.15, 0.2) is 0 Å². The van der Waals surface area contributed by atoms with Crippen LogP contribution in [0, 0.1) is 5.92 Å². The van der Waals surface area contributed by atoms with Crippen molar-refractivity contribution in [3.63, 3.8) is 0 Å². The summed E-state index contributed by atoms with van der Waals surface area (Å²) in [6.45, 7) is 2.07. The highest BCUT2D eigenvalue weighted by atomic mass is 79.9. The van der Waals surface area contributed by atoms with Gasteiger partial charge in [0, 0.05) is 19.8 Å². The van der Waals surface area contributed by atoms with Gasteiger partial charge in [-0.15, -0.1) is 0 Å². The maximum absolute atomic E-state index is 10.7. The molecule has 0 radical (unpaired) electrons. The second-order valence-electron chi connectivity index (χ2n) is 3.31. The van der Waals surface area contributed by atoms with Crippen molar-refractivity contribution in [2.45, 2.75) is 6.92 Å². The number of carboxylic acids is 1. The molecule has 0 aliphatic carbocycles. The van der Waals surface area contributed by atoms with Crippen LogP contribution in [0.2, 0.25) is 0 Å². The summed E-state index contributed by atoms with van der Waals surface area (Å²) in [4.78, 5) is 20.4. The van der Waals surface area contributed by atoms with Crippen LogP contribution in [0.15, 0.2) is 17.0 Å². The molecule has 0 fully saturated rings. The van der Waals surface area contributed by atoms with Gasteiger partial charge >= 0.3 is 5.97 Å². The second-order valence-corrected chi connectivity index (χ2v) is 4.17. The lowest BCUT2D eigenvalue weighted by Gasteiger charge is -2.20. The molecule has 1 aromatic heterocycles. The Hall–Kier alpha value is -1.17. The Kier molecular flexibility index (Phi) is 4.02. The molecule has 1 rings (SSSR count). The van der Waals surface area contributed by atoms with E-state index in [1.165, 1.54) is 6.33 Å². The van der Waals surface area contributed by atoms with Crippen molar-refractivity contribution in [2.24, 2.45) is 5.92 Å². The van der Waals surface area contributed by atoms with Gasteiger partial charge in [-0.25, -0.2) is 9.97 Å². The number of hydrogen-bond donors (Lipinski definition) is 1. The summed E-state index contributed by atoms with van der Waals surface area (Å²) in [6, 6.07) is 0. The molecule has 0 aliphatic rings. The van der Waals surface area contributed by atoms with Crippen LogP contribution in [0.5, 0.6) is 0 Å². The van der Waals surface area contributed by atoms with E-state index in [4.69, 9.17) is 5.11 Å². The van der Waals surface area contributed by atoms with Crippen molar-refractivity contribution >= 4 is 27.7 Å². The molecule has 0 saturated heterocycles. The molecule has 1 atom stereocenters. The summed E-state index contributed by atoms with van der Waals surface area (Å²) in [5.74, 6) is -0.554. The summed E-state index contributed by atoms with van der Waals surface area (Å²) >= 11 is 3.31. The molecule has 0 saturated carbocycles. The van der Waals surface area contributed by atoms with E-state index in [-0.39, 0.29) is 0 Å².